The number of aliphatic hydroxyl groups is 1. The molecule has 1 aromatic heterocycles. The Morgan fingerprint density at radius 3 is 1.95 bits per heavy atom. The molecule has 1 N–H and O–H groups in total. The van der Waals surface area contributed by atoms with Crippen LogP contribution < -0.4 is 0 Å². The fourth-order valence-corrected chi connectivity index (χ4v) is 9.31. The lowest BCUT2D eigenvalue weighted by atomic mass is 9.84. The van der Waals surface area contributed by atoms with E-state index < -0.39 is 27.8 Å². The monoisotopic (exact) mass is 635 g/mol. The summed E-state index contributed by atoms with van der Waals surface area (Å²) >= 11 is 0. The van der Waals surface area contributed by atoms with Crippen LogP contribution in [0.5, 0.6) is 0 Å². The summed E-state index contributed by atoms with van der Waals surface area (Å²) in [6.07, 6.45) is 6.28. The molecule has 2 fully saturated rings. The second-order valence-electron chi connectivity index (χ2n) is 17.9. The molecule has 1 heterocycles. The van der Waals surface area contributed by atoms with Gasteiger partial charge in [-0.1, -0.05) is 61.8 Å². The summed E-state index contributed by atoms with van der Waals surface area (Å²) in [6.45, 7) is 33.1. The molecule has 2 aliphatic carbocycles. The summed E-state index contributed by atoms with van der Waals surface area (Å²) in [5.74, 6) is 1.15. The quantitative estimate of drug-likeness (QED) is 0.245. The third kappa shape index (κ3) is 8.08. The van der Waals surface area contributed by atoms with Crippen molar-refractivity contribution in [2.75, 3.05) is 0 Å². The van der Waals surface area contributed by atoms with Gasteiger partial charge in [-0.3, -0.25) is 4.57 Å². The highest BCUT2D eigenvalue weighted by atomic mass is 28.4. The third-order valence-corrected chi connectivity index (χ3v) is 20.3. The minimum absolute atomic E-state index is 0.0112. The van der Waals surface area contributed by atoms with E-state index >= 15 is 0 Å². The van der Waals surface area contributed by atoms with Crippen LogP contribution in [0.25, 0.3) is 0 Å². The van der Waals surface area contributed by atoms with E-state index in [1.165, 1.54) is 19.3 Å². The average molecular weight is 636 g/mol. The molecule has 0 aromatic carbocycles. The first kappa shape index (κ1) is 36.5. The molecule has 0 saturated heterocycles. The van der Waals surface area contributed by atoms with Gasteiger partial charge in [0.25, 0.3) is 0 Å². The van der Waals surface area contributed by atoms with Crippen LogP contribution in [0.3, 0.4) is 0 Å². The predicted molar refractivity (Wildman–Crippen MR) is 182 cm³/mol. The van der Waals surface area contributed by atoms with Gasteiger partial charge in [0.05, 0.1) is 23.5 Å². The molecule has 2 aliphatic rings. The van der Waals surface area contributed by atoms with Crippen LogP contribution in [0.4, 0.5) is 4.79 Å². The summed E-state index contributed by atoms with van der Waals surface area (Å²) in [4.78, 5) is 13.5. The number of carbonyl (C=O) groups excluding carboxylic acids is 1. The van der Waals surface area contributed by atoms with E-state index in [1.54, 1.807) is 10.8 Å². The second-order valence-corrected chi connectivity index (χ2v) is 27.4. The van der Waals surface area contributed by atoms with E-state index in [1.807, 2.05) is 32.9 Å². The molecule has 6 nitrogen and oxygen atoms in total. The Balaban J connectivity index is 2.03. The van der Waals surface area contributed by atoms with Gasteiger partial charge in [0, 0.05) is 12.1 Å². The fourth-order valence-electron chi connectivity index (χ4n) is 6.51. The van der Waals surface area contributed by atoms with E-state index in [0.29, 0.717) is 11.8 Å². The van der Waals surface area contributed by atoms with Gasteiger partial charge in [0.2, 0.25) is 0 Å². The van der Waals surface area contributed by atoms with E-state index in [0.717, 1.165) is 18.5 Å². The highest BCUT2D eigenvalue weighted by Gasteiger charge is 2.64. The minimum atomic E-state index is -2.27. The molecule has 43 heavy (non-hydrogen) atoms. The van der Waals surface area contributed by atoms with Gasteiger partial charge in [-0.25, -0.2) is 4.79 Å². The van der Waals surface area contributed by atoms with Crippen molar-refractivity contribution in [1.29, 1.82) is 0 Å². The molecule has 8 heteroatoms. The first-order valence-electron chi connectivity index (χ1n) is 16.8. The van der Waals surface area contributed by atoms with Crippen molar-refractivity contribution in [2.24, 2.45) is 23.7 Å². The van der Waals surface area contributed by atoms with Crippen molar-refractivity contribution in [3.63, 3.8) is 0 Å². The second kappa shape index (κ2) is 12.3. The molecular formula is C35H65NO5Si2. The molecule has 0 aliphatic heterocycles. The van der Waals surface area contributed by atoms with Crippen LogP contribution in [0.15, 0.2) is 18.3 Å². The Hall–Kier alpha value is -0.936. The summed E-state index contributed by atoms with van der Waals surface area (Å²) in [5, 5.41) is 11.5. The Bertz CT molecular complexity index is 1100. The highest BCUT2D eigenvalue weighted by molar-refractivity contribution is 6.74. The fraction of sp³-hybridized carbons (Fsp3) is 0.857. The number of carbonyl (C=O) groups is 1. The van der Waals surface area contributed by atoms with Gasteiger partial charge < -0.3 is 18.7 Å². The van der Waals surface area contributed by atoms with Crippen LogP contribution >= 0.6 is 0 Å². The van der Waals surface area contributed by atoms with E-state index in [2.05, 4.69) is 81.6 Å². The molecule has 2 unspecified atom stereocenters. The number of hydrogen-bond donors (Lipinski definition) is 1. The number of hydrogen-bond acceptors (Lipinski definition) is 5. The average Bonchev–Trinajstić information content (AvgIpc) is 3.29. The maximum atomic E-state index is 13.5. The standard InChI is InChI=1S/C35H65NO5Si2/c1-24(21-22-35(38)26-18-16-19-27(26)35)29(40-42(12,13)33(6,7)8)25(2)30(41-43(14,15)34(9,10)11)28-20-17-23-36(28)31(37)39-32(3,4)5/h17,20,23-27,29-30,38H,16,18-19,21-22H2,1-15H3/t24-,25+,26?,27?,29+,30-,35?/m0/s1. The largest absolute Gasteiger partial charge is 0.443 e. The van der Waals surface area contributed by atoms with E-state index in [4.69, 9.17) is 13.6 Å². The smallest absolute Gasteiger partial charge is 0.418 e. The molecule has 3 rings (SSSR count). The third-order valence-electron chi connectivity index (χ3n) is 11.4. The lowest BCUT2D eigenvalue weighted by Gasteiger charge is -2.47. The number of ether oxygens (including phenoxy) is 1. The van der Waals surface area contributed by atoms with Crippen LogP contribution in [-0.4, -0.2) is 49.7 Å². The Kier molecular flexibility index (Phi) is 10.5. The van der Waals surface area contributed by atoms with Crippen LogP contribution in [0.2, 0.25) is 36.3 Å². The number of rotatable bonds is 11. The van der Waals surface area contributed by atoms with Gasteiger partial charge in [-0.15, -0.1) is 0 Å². The first-order valence-corrected chi connectivity index (χ1v) is 22.6. The van der Waals surface area contributed by atoms with Gasteiger partial charge >= 0.3 is 6.09 Å². The predicted octanol–water partition coefficient (Wildman–Crippen LogP) is 9.94. The van der Waals surface area contributed by atoms with Crippen molar-refractivity contribution in [3.05, 3.63) is 24.0 Å². The molecule has 0 amide bonds. The molecule has 0 radical (unpaired) electrons. The first-order chi connectivity index (χ1) is 19.3. The topological polar surface area (TPSA) is 69.9 Å². The Morgan fingerprint density at radius 1 is 0.953 bits per heavy atom. The molecule has 1 aromatic rings. The zero-order valence-corrected chi connectivity index (χ0v) is 32.3. The van der Waals surface area contributed by atoms with Crippen molar-refractivity contribution >= 4 is 22.7 Å². The molecule has 248 valence electrons. The van der Waals surface area contributed by atoms with E-state index in [-0.39, 0.29) is 40.2 Å². The van der Waals surface area contributed by atoms with E-state index in [9.17, 15) is 9.90 Å². The van der Waals surface area contributed by atoms with Gasteiger partial charge in [0.1, 0.15) is 5.60 Å². The zero-order chi connectivity index (χ0) is 33.0. The lowest BCUT2D eigenvalue weighted by Crippen LogP contribution is -2.50. The summed E-state index contributed by atoms with van der Waals surface area (Å²) in [7, 11) is -4.44. The summed E-state index contributed by atoms with van der Waals surface area (Å²) in [5.41, 5.74) is -0.276. The van der Waals surface area contributed by atoms with Crippen molar-refractivity contribution < 1.29 is 23.5 Å². The van der Waals surface area contributed by atoms with Crippen molar-refractivity contribution in [1.82, 2.24) is 4.57 Å². The van der Waals surface area contributed by atoms with Crippen LogP contribution in [0.1, 0.15) is 120 Å². The number of aromatic nitrogens is 1. The highest BCUT2D eigenvalue weighted by Crippen LogP contribution is 2.63. The van der Waals surface area contributed by atoms with Gasteiger partial charge in [-0.05, 0) is 113 Å². The maximum Gasteiger partial charge on any atom is 0.418 e. The van der Waals surface area contributed by atoms with Crippen molar-refractivity contribution in [2.45, 2.75) is 168 Å². The summed E-state index contributed by atoms with van der Waals surface area (Å²) in [6, 6.07) is 3.93. The Morgan fingerprint density at radius 2 is 1.47 bits per heavy atom. The lowest BCUT2D eigenvalue weighted by molar-refractivity contribution is -0.00614. The van der Waals surface area contributed by atoms with Crippen LogP contribution in [-0.2, 0) is 13.6 Å². The van der Waals surface area contributed by atoms with Gasteiger partial charge in [-0.2, -0.15) is 0 Å². The number of nitrogens with zero attached hydrogens (tertiary/aromatic N) is 1. The molecule has 0 bridgehead atoms. The van der Waals surface area contributed by atoms with Gasteiger partial charge in [0.15, 0.2) is 16.6 Å². The van der Waals surface area contributed by atoms with Crippen LogP contribution in [0, 0.1) is 23.7 Å². The zero-order valence-electron chi connectivity index (χ0n) is 30.3. The molecule has 0 spiro atoms. The SMILES string of the molecule is C[C@H]([C@H](O[Si](C)(C)C(C)(C)C)[C@@H](C)CCC1(O)C2CCCC21)[C@H](O[Si](C)(C)C(C)(C)C)c1cccn1C(=O)OC(C)(C)C. The number of fused-ring (bicyclic) bond motifs is 1. The molecular weight excluding hydrogens is 571 g/mol. The Labute approximate surface area is 265 Å². The minimum Gasteiger partial charge on any atom is -0.443 e. The summed E-state index contributed by atoms with van der Waals surface area (Å²) < 4.78 is 22.1. The maximum absolute atomic E-state index is 13.5. The molecule has 2 saturated carbocycles. The molecule has 6 atom stereocenters. The van der Waals surface area contributed by atoms with Crippen molar-refractivity contribution in [3.8, 4) is 0 Å². The normalized spacial score (nSPS) is 26.0.